The average molecular weight is 330 g/mol. The predicted molar refractivity (Wildman–Crippen MR) is 82.8 cm³/mol. The lowest BCUT2D eigenvalue weighted by Gasteiger charge is -2.13. The molecule has 2 aromatic rings. The molecule has 0 unspecified atom stereocenters. The topological polar surface area (TPSA) is 109 Å². The molecular formula is C17H16NO6-. The maximum absolute atomic E-state index is 12.0. The molecule has 0 fully saturated rings. The number of carboxylic acids is 1. The normalized spacial score (nSPS) is 12.9. The van der Waals surface area contributed by atoms with Gasteiger partial charge in [0.1, 0.15) is 11.3 Å². The molecule has 0 aliphatic heterocycles. The number of hydrogen-bond donors (Lipinski definition) is 1. The zero-order valence-electron chi connectivity index (χ0n) is 13.1. The number of aliphatic carboxylic acids is 1. The molecule has 1 N–H and O–H groups in total. The third-order valence-corrected chi connectivity index (χ3v) is 3.97. The van der Waals surface area contributed by atoms with Gasteiger partial charge < -0.3 is 24.4 Å². The molecule has 0 saturated carbocycles. The van der Waals surface area contributed by atoms with Gasteiger partial charge in [0.05, 0.1) is 17.9 Å². The first-order valence-corrected chi connectivity index (χ1v) is 7.64. The summed E-state index contributed by atoms with van der Waals surface area (Å²) in [7, 11) is 0. The number of amides is 1. The third kappa shape index (κ3) is 3.10. The number of carbonyl (C=O) groups excluding carboxylic acids is 2. The number of benzene rings is 1. The molecule has 126 valence electrons. The largest absolute Gasteiger partial charge is 0.548 e. The minimum absolute atomic E-state index is 0.321. The molecule has 3 rings (SSSR count). The highest BCUT2D eigenvalue weighted by atomic mass is 16.5. The van der Waals surface area contributed by atoms with Crippen LogP contribution in [0.3, 0.4) is 0 Å². The Hall–Kier alpha value is -2.83. The fourth-order valence-corrected chi connectivity index (χ4v) is 2.98. The van der Waals surface area contributed by atoms with Gasteiger partial charge in [-0.15, -0.1) is 0 Å². The number of fused-ring (bicyclic) bond motifs is 3. The number of ether oxygens (including phenoxy) is 1. The number of carboxylic acid groups (broad SMARTS) is 1. The van der Waals surface area contributed by atoms with Crippen molar-refractivity contribution in [1.29, 1.82) is 0 Å². The SMILES string of the molecule is Cc1cc(OCC(=O)NCC(=O)[O-])c2c3c(c(=O)oc2c1)CCC3. The molecule has 1 aliphatic carbocycles. The second-order valence-electron chi connectivity index (χ2n) is 5.77. The number of carbonyl (C=O) groups is 2. The van der Waals surface area contributed by atoms with Gasteiger partial charge in [-0.2, -0.15) is 0 Å². The molecule has 0 spiro atoms. The van der Waals surface area contributed by atoms with Gasteiger partial charge in [0, 0.05) is 5.56 Å². The van der Waals surface area contributed by atoms with Crippen LogP contribution in [-0.4, -0.2) is 25.0 Å². The lowest BCUT2D eigenvalue weighted by atomic mass is 10.0. The molecule has 1 aromatic heterocycles. The predicted octanol–water partition coefficient (Wildman–Crippen LogP) is -0.165. The Morgan fingerprint density at radius 1 is 1.29 bits per heavy atom. The third-order valence-electron chi connectivity index (χ3n) is 3.97. The van der Waals surface area contributed by atoms with E-state index in [1.165, 1.54) is 0 Å². The van der Waals surface area contributed by atoms with Crippen LogP contribution in [0.2, 0.25) is 0 Å². The van der Waals surface area contributed by atoms with Gasteiger partial charge in [0.25, 0.3) is 5.91 Å². The molecular weight excluding hydrogens is 314 g/mol. The first kappa shape index (κ1) is 16.0. The smallest absolute Gasteiger partial charge is 0.339 e. The van der Waals surface area contributed by atoms with Crippen molar-refractivity contribution >= 4 is 22.8 Å². The van der Waals surface area contributed by atoms with Crippen molar-refractivity contribution in [3.05, 3.63) is 39.2 Å². The second-order valence-corrected chi connectivity index (χ2v) is 5.77. The van der Waals surface area contributed by atoms with Gasteiger partial charge in [-0.1, -0.05) is 0 Å². The first-order valence-electron chi connectivity index (χ1n) is 7.64. The van der Waals surface area contributed by atoms with E-state index in [2.05, 4.69) is 5.32 Å². The van der Waals surface area contributed by atoms with Crippen molar-refractivity contribution in [2.24, 2.45) is 0 Å². The zero-order chi connectivity index (χ0) is 17.3. The summed E-state index contributed by atoms with van der Waals surface area (Å²) in [6.07, 6.45) is 2.30. The van der Waals surface area contributed by atoms with Crippen LogP contribution >= 0.6 is 0 Å². The molecule has 0 bridgehead atoms. The lowest BCUT2D eigenvalue weighted by molar-refractivity contribution is -0.304. The highest BCUT2D eigenvalue weighted by molar-refractivity contribution is 5.89. The van der Waals surface area contributed by atoms with E-state index < -0.39 is 18.4 Å². The second kappa shape index (κ2) is 6.35. The quantitative estimate of drug-likeness (QED) is 0.763. The monoisotopic (exact) mass is 330 g/mol. The van der Waals surface area contributed by atoms with Crippen LogP contribution in [0.5, 0.6) is 5.75 Å². The van der Waals surface area contributed by atoms with Crippen molar-refractivity contribution in [1.82, 2.24) is 5.32 Å². The van der Waals surface area contributed by atoms with Crippen LogP contribution in [0.1, 0.15) is 23.1 Å². The summed E-state index contributed by atoms with van der Waals surface area (Å²) in [6, 6.07) is 3.53. The van der Waals surface area contributed by atoms with E-state index in [0.29, 0.717) is 28.7 Å². The Labute approximate surface area is 137 Å². The van der Waals surface area contributed by atoms with Gasteiger partial charge in [0.2, 0.25) is 0 Å². The summed E-state index contributed by atoms with van der Waals surface area (Å²) in [5, 5.41) is 13.2. The Balaban J connectivity index is 1.93. The fraction of sp³-hybridized carbons (Fsp3) is 0.353. The van der Waals surface area contributed by atoms with Crippen LogP contribution in [0, 0.1) is 6.92 Å². The summed E-state index contributed by atoms with van der Waals surface area (Å²) in [6.45, 7) is 0.927. The molecule has 7 heteroatoms. The number of hydrogen-bond acceptors (Lipinski definition) is 6. The highest BCUT2D eigenvalue weighted by Crippen LogP contribution is 2.35. The van der Waals surface area contributed by atoms with Crippen LogP contribution in [0.15, 0.2) is 21.3 Å². The standard InChI is InChI=1S/C17H17NO6/c1-9-5-12(23-8-14(19)18-7-15(20)21)16-10-3-2-4-11(10)17(22)24-13(16)6-9/h5-6H,2-4,7-8H2,1H3,(H,18,19)(H,20,21)/p-1. The molecule has 0 radical (unpaired) electrons. The minimum Gasteiger partial charge on any atom is -0.548 e. The Kier molecular flexibility index (Phi) is 4.24. The van der Waals surface area contributed by atoms with Gasteiger partial charge in [-0.3, -0.25) is 4.79 Å². The number of rotatable bonds is 5. The van der Waals surface area contributed by atoms with Crippen molar-refractivity contribution in [3.63, 3.8) is 0 Å². The zero-order valence-corrected chi connectivity index (χ0v) is 13.1. The molecule has 1 amide bonds. The summed E-state index contributed by atoms with van der Waals surface area (Å²) < 4.78 is 11.0. The van der Waals surface area contributed by atoms with Crippen LogP contribution in [-0.2, 0) is 22.4 Å². The summed E-state index contributed by atoms with van der Waals surface area (Å²) in [4.78, 5) is 34.0. The van der Waals surface area contributed by atoms with Crippen molar-refractivity contribution in [2.45, 2.75) is 26.2 Å². The van der Waals surface area contributed by atoms with Gasteiger partial charge >= 0.3 is 5.63 Å². The van der Waals surface area contributed by atoms with E-state index in [1.807, 2.05) is 6.92 Å². The van der Waals surface area contributed by atoms with Crippen LogP contribution < -0.4 is 20.8 Å². The Morgan fingerprint density at radius 2 is 2.04 bits per heavy atom. The molecule has 7 nitrogen and oxygen atoms in total. The van der Waals surface area contributed by atoms with Gasteiger partial charge in [0.15, 0.2) is 6.61 Å². The summed E-state index contributed by atoms with van der Waals surface area (Å²) in [5.74, 6) is -1.48. The van der Waals surface area contributed by atoms with E-state index in [0.717, 1.165) is 24.0 Å². The van der Waals surface area contributed by atoms with Gasteiger partial charge in [-0.25, -0.2) is 4.79 Å². The average Bonchev–Trinajstić information content (AvgIpc) is 3.00. The van der Waals surface area contributed by atoms with E-state index in [9.17, 15) is 19.5 Å². The van der Waals surface area contributed by atoms with E-state index in [1.54, 1.807) is 12.1 Å². The number of aryl methyl sites for hydroxylation is 2. The first-order chi connectivity index (χ1) is 11.5. The Morgan fingerprint density at radius 3 is 2.79 bits per heavy atom. The van der Waals surface area contributed by atoms with Crippen molar-refractivity contribution in [2.75, 3.05) is 13.2 Å². The van der Waals surface area contributed by atoms with Crippen LogP contribution in [0.25, 0.3) is 11.0 Å². The molecule has 1 aromatic carbocycles. The Bertz CT molecular complexity index is 883. The fourth-order valence-electron chi connectivity index (χ4n) is 2.98. The van der Waals surface area contributed by atoms with Gasteiger partial charge in [-0.05, 0) is 49.4 Å². The van der Waals surface area contributed by atoms with E-state index >= 15 is 0 Å². The van der Waals surface area contributed by atoms with E-state index in [4.69, 9.17) is 9.15 Å². The van der Waals surface area contributed by atoms with E-state index in [-0.39, 0.29) is 12.2 Å². The lowest BCUT2D eigenvalue weighted by Crippen LogP contribution is -2.39. The molecule has 0 atom stereocenters. The minimum atomic E-state index is -1.37. The van der Waals surface area contributed by atoms with Crippen molar-refractivity contribution in [3.8, 4) is 5.75 Å². The number of nitrogens with one attached hydrogen (secondary N) is 1. The molecule has 0 saturated heterocycles. The van der Waals surface area contributed by atoms with Crippen molar-refractivity contribution < 1.29 is 23.8 Å². The van der Waals surface area contributed by atoms with Crippen LogP contribution in [0.4, 0.5) is 0 Å². The molecule has 1 heterocycles. The maximum atomic E-state index is 12.0. The molecule has 24 heavy (non-hydrogen) atoms. The summed E-state index contributed by atoms with van der Waals surface area (Å²) in [5.41, 5.74) is 2.52. The molecule has 1 aliphatic rings. The summed E-state index contributed by atoms with van der Waals surface area (Å²) >= 11 is 0. The highest BCUT2D eigenvalue weighted by Gasteiger charge is 2.22. The maximum Gasteiger partial charge on any atom is 0.339 e.